The second kappa shape index (κ2) is 51.3. The van der Waals surface area contributed by atoms with Crippen molar-refractivity contribution in [1.29, 1.82) is 0 Å². The van der Waals surface area contributed by atoms with Gasteiger partial charge in [-0.25, -0.2) is 0 Å². The third kappa shape index (κ3) is 48.7. The van der Waals surface area contributed by atoms with Crippen molar-refractivity contribution in [2.45, 2.75) is 290 Å². The minimum absolute atomic E-state index is 0.0788. The van der Waals surface area contributed by atoms with Crippen LogP contribution in [0.5, 0.6) is 0 Å². The lowest BCUT2D eigenvalue weighted by Gasteiger charge is -2.18. The molecule has 0 rings (SSSR count). The van der Waals surface area contributed by atoms with Crippen LogP contribution in [0.15, 0.2) is 36.5 Å². The second-order valence-corrected chi connectivity index (χ2v) is 18.1. The maximum atomic E-state index is 12.8. The molecule has 0 aliphatic rings. The molecule has 0 heterocycles. The molecule has 1 atom stereocenters. The van der Waals surface area contributed by atoms with Gasteiger partial charge in [-0.15, -0.1) is 0 Å². The Hall–Kier alpha value is -2.37. The van der Waals surface area contributed by atoms with Gasteiger partial charge in [-0.1, -0.05) is 205 Å². The van der Waals surface area contributed by atoms with Crippen LogP contribution in [0.2, 0.25) is 0 Å². The minimum Gasteiger partial charge on any atom is -0.462 e. The predicted molar refractivity (Wildman–Crippen MR) is 266 cm³/mol. The van der Waals surface area contributed by atoms with Gasteiger partial charge in [-0.2, -0.15) is 0 Å². The van der Waals surface area contributed by atoms with E-state index in [4.69, 9.17) is 14.2 Å². The number of esters is 3. The van der Waals surface area contributed by atoms with Crippen LogP contribution in [-0.4, -0.2) is 37.2 Å². The Morgan fingerprint density at radius 3 is 0.855 bits per heavy atom. The lowest BCUT2D eigenvalue weighted by atomic mass is 10.1. The van der Waals surface area contributed by atoms with Gasteiger partial charge in [0.2, 0.25) is 0 Å². The zero-order chi connectivity index (χ0) is 45.1. The van der Waals surface area contributed by atoms with Gasteiger partial charge < -0.3 is 14.2 Å². The van der Waals surface area contributed by atoms with E-state index in [1.54, 1.807) is 0 Å². The van der Waals surface area contributed by atoms with E-state index in [1.807, 2.05) is 0 Å². The van der Waals surface area contributed by atoms with Crippen molar-refractivity contribution < 1.29 is 28.6 Å². The van der Waals surface area contributed by atoms with Crippen molar-refractivity contribution >= 4 is 17.9 Å². The van der Waals surface area contributed by atoms with Crippen molar-refractivity contribution in [2.24, 2.45) is 0 Å². The number of carbonyl (C=O) groups is 3. The molecular weight excluding hydrogens is 769 g/mol. The summed E-state index contributed by atoms with van der Waals surface area (Å²) < 4.78 is 16.8. The van der Waals surface area contributed by atoms with Crippen LogP contribution in [0.3, 0.4) is 0 Å². The average Bonchev–Trinajstić information content (AvgIpc) is 3.27. The molecule has 0 fully saturated rings. The van der Waals surface area contributed by atoms with Gasteiger partial charge in [-0.3, -0.25) is 14.4 Å². The maximum absolute atomic E-state index is 12.8. The van der Waals surface area contributed by atoms with E-state index in [-0.39, 0.29) is 31.1 Å². The van der Waals surface area contributed by atoms with Crippen LogP contribution in [0.4, 0.5) is 0 Å². The lowest BCUT2D eigenvalue weighted by Crippen LogP contribution is -2.30. The summed E-state index contributed by atoms with van der Waals surface area (Å²) >= 11 is 0. The molecule has 0 aliphatic carbocycles. The number of hydrogen-bond donors (Lipinski definition) is 0. The van der Waals surface area contributed by atoms with Gasteiger partial charge in [0.1, 0.15) is 13.2 Å². The third-order valence-electron chi connectivity index (χ3n) is 11.8. The van der Waals surface area contributed by atoms with E-state index in [2.05, 4.69) is 57.2 Å². The standard InChI is InChI=1S/C56H102O6/c1-4-7-10-13-16-19-22-25-26-27-28-29-30-32-34-37-40-43-46-49-55(58)61-52-53(51-60-54(57)48-45-42-39-36-33-24-21-18-15-12-9-6-3)62-56(59)50-47-44-41-38-35-31-23-20-17-14-11-8-5-2/h18,20-21,23,27-28,53H,4-17,19,22,24-26,29-52H2,1-3H3/b21-18-,23-20-,28-27-/t53-/m1/s1. The van der Waals surface area contributed by atoms with E-state index in [0.29, 0.717) is 19.3 Å². The molecule has 0 bridgehead atoms. The van der Waals surface area contributed by atoms with Crippen LogP contribution in [0.25, 0.3) is 0 Å². The fourth-order valence-electron chi connectivity index (χ4n) is 7.72. The SMILES string of the molecule is CCCCC/C=C\CCCCCCCC(=O)OC[C@H](COC(=O)CCCCCCCCC/C=C\CCCCCCCCCC)OC(=O)CCCCCCC/C=C\CCCCCC. The quantitative estimate of drug-likeness (QED) is 0.0262. The highest BCUT2D eigenvalue weighted by atomic mass is 16.6. The summed E-state index contributed by atoms with van der Waals surface area (Å²) in [5, 5.41) is 0. The van der Waals surface area contributed by atoms with Crippen LogP contribution in [-0.2, 0) is 28.6 Å². The van der Waals surface area contributed by atoms with Crippen molar-refractivity contribution in [2.75, 3.05) is 13.2 Å². The summed E-state index contributed by atoms with van der Waals surface area (Å²) in [6.45, 7) is 6.60. The molecule has 0 saturated carbocycles. The summed E-state index contributed by atoms with van der Waals surface area (Å²) in [6.07, 6.45) is 59.9. The van der Waals surface area contributed by atoms with Gasteiger partial charge >= 0.3 is 17.9 Å². The Morgan fingerprint density at radius 2 is 0.532 bits per heavy atom. The molecule has 362 valence electrons. The summed E-state index contributed by atoms with van der Waals surface area (Å²) in [7, 11) is 0. The van der Waals surface area contributed by atoms with E-state index in [9.17, 15) is 14.4 Å². The molecule has 0 N–H and O–H groups in total. The molecule has 0 aromatic carbocycles. The smallest absolute Gasteiger partial charge is 0.306 e. The molecular formula is C56H102O6. The highest BCUT2D eigenvalue weighted by molar-refractivity contribution is 5.71. The summed E-state index contributed by atoms with van der Waals surface area (Å²) in [5.41, 5.74) is 0. The van der Waals surface area contributed by atoms with Crippen LogP contribution in [0.1, 0.15) is 284 Å². The first-order valence-electron chi connectivity index (χ1n) is 27.0. The van der Waals surface area contributed by atoms with Crippen LogP contribution >= 0.6 is 0 Å². The third-order valence-corrected chi connectivity index (χ3v) is 11.8. The number of hydrogen-bond acceptors (Lipinski definition) is 6. The molecule has 0 aromatic rings. The summed E-state index contributed by atoms with van der Waals surface area (Å²) in [4.78, 5) is 38.0. The van der Waals surface area contributed by atoms with E-state index >= 15 is 0 Å². The first kappa shape index (κ1) is 59.6. The largest absolute Gasteiger partial charge is 0.462 e. The number of unbranched alkanes of at least 4 members (excludes halogenated alkanes) is 32. The minimum atomic E-state index is -0.779. The molecule has 0 unspecified atom stereocenters. The molecule has 0 aliphatic heterocycles. The van der Waals surface area contributed by atoms with Gasteiger partial charge in [0.25, 0.3) is 0 Å². The van der Waals surface area contributed by atoms with Crippen LogP contribution in [0, 0.1) is 0 Å². The molecule has 0 spiro atoms. The lowest BCUT2D eigenvalue weighted by molar-refractivity contribution is -0.167. The zero-order valence-electron chi connectivity index (χ0n) is 41.4. The average molecular weight is 871 g/mol. The Bertz CT molecular complexity index is 1050. The number of allylic oxidation sites excluding steroid dienone is 6. The Balaban J connectivity index is 4.33. The molecule has 0 radical (unpaired) electrons. The normalized spacial score (nSPS) is 12.2. The first-order valence-corrected chi connectivity index (χ1v) is 27.0. The maximum Gasteiger partial charge on any atom is 0.306 e. The topological polar surface area (TPSA) is 78.9 Å². The molecule has 6 nitrogen and oxygen atoms in total. The molecule has 0 aromatic heterocycles. The second-order valence-electron chi connectivity index (χ2n) is 18.1. The van der Waals surface area contributed by atoms with Gasteiger partial charge in [0.05, 0.1) is 0 Å². The van der Waals surface area contributed by atoms with Crippen molar-refractivity contribution in [3.63, 3.8) is 0 Å². The fraction of sp³-hybridized carbons (Fsp3) is 0.839. The summed E-state index contributed by atoms with van der Waals surface area (Å²) in [5.74, 6) is -0.891. The molecule has 0 amide bonds. The zero-order valence-corrected chi connectivity index (χ0v) is 41.4. The van der Waals surface area contributed by atoms with Gasteiger partial charge in [0, 0.05) is 19.3 Å². The highest BCUT2D eigenvalue weighted by Crippen LogP contribution is 2.15. The molecule has 0 saturated heterocycles. The molecule has 62 heavy (non-hydrogen) atoms. The summed E-state index contributed by atoms with van der Waals surface area (Å²) in [6, 6.07) is 0. The Morgan fingerprint density at radius 1 is 0.306 bits per heavy atom. The highest BCUT2D eigenvalue weighted by Gasteiger charge is 2.19. The first-order chi connectivity index (χ1) is 30.5. The Kier molecular flexibility index (Phi) is 49.3. The predicted octanol–water partition coefficient (Wildman–Crippen LogP) is 17.7. The van der Waals surface area contributed by atoms with E-state index in [0.717, 1.165) is 77.0 Å². The monoisotopic (exact) mass is 871 g/mol. The van der Waals surface area contributed by atoms with Crippen molar-refractivity contribution in [1.82, 2.24) is 0 Å². The van der Waals surface area contributed by atoms with E-state index in [1.165, 1.54) is 167 Å². The van der Waals surface area contributed by atoms with Gasteiger partial charge in [0.15, 0.2) is 6.10 Å². The van der Waals surface area contributed by atoms with E-state index < -0.39 is 6.10 Å². The number of carbonyl (C=O) groups excluding carboxylic acids is 3. The Labute approximate surface area is 385 Å². The fourth-order valence-corrected chi connectivity index (χ4v) is 7.72. The van der Waals surface area contributed by atoms with Crippen molar-refractivity contribution in [3.05, 3.63) is 36.5 Å². The number of rotatable bonds is 49. The number of ether oxygens (including phenoxy) is 3. The van der Waals surface area contributed by atoms with Crippen molar-refractivity contribution in [3.8, 4) is 0 Å². The molecule has 6 heteroatoms. The van der Waals surface area contributed by atoms with Crippen LogP contribution < -0.4 is 0 Å². The van der Waals surface area contributed by atoms with Gasteiger partial charge in [-0.05, 0) is 96.3 Å².